The molecule has 7 nitrogen and oxygen atoms in total. The minimum atomic E-state index is -0.350. The topological polar surface area (TPSA) is 89.5 Å². The van der Waals surface area contributed by atoms with Gasteiger partial charge in [-0.15, -0.1) is 0 Å². The molecule has 0 atom stereocenters. The Balaban J connectivity index is 1.74. The summed E-state index contributed by atoms with van der Waals surface area (Å²) < 4.78 is 11.1. The zero-order valence-electron chi connectivity index (χ0n) is 17.6. The lowest BCUT2D eigenvalue weighted by Gasteiger charge is -2.14. The number of anilines is 1. The van der Waals surface area contributed by atoms with Crippen molar-refractivity contribution in [3.8, 4) is 11.5 Å². The fourth-order valence-corrected chi connectivity index (χ4v) is 2.96. The minimum absolute atomic E-state index is 0.290. The van der Waals surface area contributed by atoms with E-state index in [0.717, 1.165) is 5.56 Å². The molecule has 1 aromatic heterocycles. The predicted octanol–water partition coefficient (Wildman–Crippen LogP) is 4.06. The normalized spacial score (nSPS) is 10.3. The molecule has 0 aliphatic rings. The number of amides is 2. The summed E-state index contributed by atoms with van der Waals surface area (Å²) in [6.45, 7) is 5.03. The first-order chi connectivity index (χ1) is 15.1. The third kappa shape index (κ3) is 5.82. The highest BCUT2D eigenvalue weighted by Gasteiger charge is 2.16. The molecule has 0 saturated heterocycles. The monoisotopic (exact) mass is 419 g/mol. The molecule has 7 heteroatoms. The van der Waals surface area contributed by atoms with Gasteiger partial charge in [0.05, 0.1) is 24.5 Å². The highest BCUT2D eigenvalue weighted by atomic mass is 16.5. The quantitative estimate of drug-likeness (QED) is 0.546. The van der Waals surface area contributed by atoms with Gasteiger partial charge in [-0.05, 0) is 55.8 Å². The lowest BCUT2D eigenvalue weighted by molar-refractivity contribution is 0.0951. The number of hydrogen-bond donors (Lipinski definition) is 2. The fraction of sp³-hybridized carbons (Fsp3) is 0.208. The second-order valence-electron chi connectivity index (χ2n) is 6.57. The summed E-state index contributed by atoms with van der Waals surface area (Å²) >= 11 is 0. The van der Waals surface area contributed by atoms with Gasteiger partial charge in [0.2, 0.25) is 0 Å². The first-order valence-corrected chi connectivity index (χ1v) is 10.1. The maximum absolute atomic E-state index is 12.8. The Hall–Kier alpha value is -3.87. The SMILES string of the molecule is CCOc1ccc(C(=O)Nc2ccccc2C(=O)NCc2cccnc2)cc1OCC. The molecule has 2 amide bonds. The van der Waals surface area contributed by atoms with E-state index < -0.39 is 0 Å². The second-order valence-corrected chi connectivity index (χ2v) is 6.57. The van der Waals surface area contributed by atoms with E-state index in [1.54, 1.807) is 54.9 Å². The van der Waals surface area contributed by atoms with Gasteiger partial charge in [-0.2, -0.15) is 0 Å². The van der Waals surface area contributed by atoms with E-state index in [9.17, 15) is 9.59 Å². The standard InChI is InChI=1S/C24H25N3O4/c1-3-30-21-12-11-18(14-22(21)31-4-2)23(28)27-20-10-6-5-9-19(20)24(29)26-16-17-8-7-13-25-15-17/h5-15H,3-4,16H2,1-2H3,(H,26,29)(H,27,28). The number of rotatable bonds is 9. The van der Waals surface area contributed by atoms with Crippen LogP contribution >= 0.6 is 0 Å². The van der Waals surface area contributed by atoms with Crippen molar-refractivity contribution >= 4 is 17.5 Å². The Bertz CT molecular complexity index is 1040. The van der Waals surface area contributed by atoms with Crippen molar-refractivity contribution in [2.75, 3.05) is 18.5 Å². The summed E-state index contributed by atoms with van der Waals surface area (Å²) in [5.74, 6) is 0.438. The molecular formula is C24H25N3O4. The minimum Gasteiger partial charge on any atom is -0.490 e. The maximum Gasteiger partial charge on any atom is 0.255 e. The summed E-state index contributed by atoms with van der Waals surface area (Å²) in [7, 11) is 0. The molecule has 0 aliphatic heterocycles. The molecule has 3 aromatic rings. The van der Waals surface area contributed by atoms with Crippen LogP contribution in [-0.2, 0) is 6.54 Å². The fourth-order valence-electron chi connectivity index (χ4n) is 2.96. The van der Waals surface area contributed by atoms with Crippen LogP contribution in [0.4, 0.5) is 5.69 Å². The maximum atomic E-state index is 12.8. The van der Waals surface area contributed by atoms with Crippen molar-refractivity contribution < 1.29 is 19.1 Å². The molecule has 31 heavy (non-hydrogen) atoms. The molecule has 0 fully saturated rings. The van der Waals surface area contributed by atoms with Crippen LogP contribution in [0, 0.1) is 0 Å². The zero-order chi connectivity index (χ0) is 22.1. The van der Waals surface area contributed by atoms with Gasteiger partial charge in [-0.3, -0.25) is 14.6 Å². The summed E-state index contributed by atoms with van der Waals surface area (Å²) in [6.07, 6.45) is 3.36. The Kier molecular flexibility index (Phi) is 7.59. The predicted molar refractivity (Wildman–Crippen MR) is 119 cm³/mol. The number of pyridine rings is 1. The Morgan fingerprint density at radius 3 is 2.42 bits per heavy atom. The lowest BCUT2D eigenvalue weighted by atomic mass is 10.1. The van der Waals surface area contributed by atoms with Crippen molar-refractivity contribution in [3.05, 3.63) is 83.7 Å². The van der Waals surface area contributed by atoms with Gasteiger partial charge in [-0.1, -0.05) is 18.2 Å². The van der Waals surface area contributed by atoms with E-state index in [0.29, 0.717) is 48.1 Å². The van der Waals surface area contributed by atoms with Crippen LogP contribution < -0.4 is 20.1 Å². The molecule has 2 N–H and O–H groups in total. The molecule has 160 valence electrons. The summed E-state index contributed by atoms with van der Waals surface area (Å²) in [5, 5.41) is 5.67. The van der Waals surface area contributed by atoms with Crippen LogP contribution in [0.5, 0.6) is 11.5 Å². The number of nitrogens with zero attached hydrogens (tertiary/aromatic N) is 1. The highest BCUT2D eigenvalue weighted by molar-refractivity contribution is 6.09. The van der Waals surface area contributed by atoms with Gasteiger partial charge in [0.1, 0.15) is 0 Å². The van der Waals surface area contributed by atoms with Gasteiger partial charge >= 0.3 is 0 Å². The lowest BCUT2D eigenvalue weighted by Crippen LogP contribution is -2.25. The Morgan fingerprint density at radius 1 is 0.903 bits per heavy atom. The van der Waals surface area contributed by atoms with Gasteiger partial charge in [0, 0.05) is 24.5 Å². The first kappa shape index (κ1) is 21.8. The molecule has 1 heterocycles. The largest absolute Gasteiger partial charge is 0.490 e. The van der Waals surface area contributed by atoms with E-state index in [2.05, 4.69) is 15.6 Å². The van der Waals surface area contributed by atoms with Crippen molar-refractivity contribution in [2.24, 2.45) is 0 Å². The average Bonchev–Trinajstić information content (AvgIpc) is 2.80. The summed E-state index contributed by atoms with van der Waals surface area (Å²) in [5.41, 5.74) is 2.08. The number of para-hydroxylation sites is 1. The van der Waals surface area contributed by atoms with E-state index in [4.69, 9.17) is 9.47 Å². The smallest absolute Gasteiger partial charge is 0.255 e. The first-order valence-electron chi connectivity index (χ1n) is 10.1. The molecule has 0 unspecified atom stereocenters. The summed E-state index contributed by atoms with van der Waals surface area (Å²) in [6, 6.07) is 15.5. The average molecular weight is 419 g/mol. The number of hydrogen-bond acceptors (Lipinski definition) is 5. The number of benzene rings is 2. The van der Waals surface area contributed by atoms with Crippen LogP contribution in [0.2, 0.25) is 0 Å². The van der Waals surface area contributed by atoms with Gasteiger partial charge in [0.15, 0.2) is 11.5 Å². The van der Waals surface area contributed by atoms with Crippen molar-refractivity contribution in [3.63, 3.8) is 0 Å². The number of carbonyl (C=O) groups is 2. The van der Waals surface area contributed by atoms with Crippen LogP contribution in [0.3, 0.4) is 0 Å². The molecule has 0 saturated carbocycles. The van der Waals surface area contributed by atoms with Crippen molar-refractivity contribution in [1.29, 1.82) is 0 Å². The van der Waals surface area contributed by atoms with Gasteiger partial charge in [-0.25, -0.2) is 0 Å². The van der Waals surface area contributed by atoms with Crippen LogP contribution in [-0.4, -0.2) is 30.0 Å². The van der Waals surface area contributed by atoms with Gasteiger partial charge < -0.3 is 20.1 Å². The molecule has 2 aromatic carbocycles. The highest BCUT2D eigenvalue weighted by Crippen LogP contribution is 2.29. The molecule has 3 rings (SSSR count). The summed E-state index contributed by atoms with van der Waals surface area (Å²) in [4.78, 5) is 29.6. The second kappa shape index (κ2) is 10.8. The van der Waals surface area contributed by atoms with Crippen LogP contribution in [0.15, 0.2) is 67.0 Å². The van der Waals surface area contributed by atoms with Gasteiger partial charge in [0.25, 0.3) is 11.8 Å². The Labute approximate surface area is 181 Å². The molecule has 0 bridgehead atoms. The molecule has 0 aliphatic carbocycles. The zero-order valence-corrected chi connectivity index (χ0v) is 17.6. The number of nitrogens with one attached hydrogen (secondary N) is 2. The number of carbonyl (C=O) groups excluding carboxylic acids is 2. The third-order valence-electron chi connectivity index (χ3n) is 4.40. The van der Waals surface area contributed by atoms with Crippen molar-refractivity contribution in [2.45, 2.75) is 20.4 Å². The number of aromatic nitrogens is 1. The van der Waals surface area contributed by atoms with Crippen LogP contribution in [0.1, 0.15) is 40.1 Å². The van der Waals surface area contributed by atoms with E-state index >= 15 is 0 Å². The van der Waals surface area contributed by atoms with Crippen molar-refractivity contribution in [1.82, 2.24) is 10.3 Å². The molecule has 0 spiro atoms. The van der Waals surface area contributed by atoms with E-state index in [-0.39, 0.29) is 11.8 Å². The van der Waals surface area contributed by atoms with E-state index in [1.165, 1.54) is 0 Å². The third-order valence-corrected chi connectivity index (χ3v) is 4.40. The number of ether oxygens (including phenoxy) is 2. The van der Waals surface area contributed by atoms with E-state index in [1.807, 2.05) is 26.0 Å². The Morgan fingerprint density at radius 2 is 1.68 bits per heavy atom. The molecule has 0 radical (unpaired) electrons. The molecular weight excluding hydrogens is 394 g/mol. The van der Waals surface area contributed by atoms with Crippen LogP contribution in [0.25, 0.3) is 0 Å².